The van der Waals surface area contributed by atoms with Crippen molar-refractivity contribution in [3.05, 3.63) is 12.2 Å². The van der Waals surface area contributed by atoms with Crippen LogP contribution in [0, 0.1) is 23.7 Å². The van der Waals surface area contributed by atoms with Crippen LogP contribution in [0.3, 0.4) is 0 Å². The Hall–Kier alpha value is -1.12. The van der Waals surface area contributed by atoms with E-state index in [2.05, 4.69) is 12.2 Å². The van der Waals surface area contributed by atoms with Gasteiger partial charge in [-0.05, 0) is 24.7 Å². The molecule has 15 heavy (non-hydrogen) atoms. The van der Waals surface area contributed by atoms with Crippen LogP contribution in [0.15, 0.2) is 12.2 Å². The maximum atomic E-state index is 12.0. The zero-order valence-electron chi connectivity index (χ0n) is 8.85. The van der Waals surface area contributed by atoms with Crippen molar-refractivity contribution in [2.45, 2.75) is 19.8 Å². The first-order valence-electron chi connectivity index (χ1n) is 5.77. The molecule has 3 heteroatoms. The molecule has 2 fully saturated rings. The Labute approximate surface area is 89.1 Å². The molecule has 1 saturated carbocycles. The third kappa shape index (κ3) is 1.01. The molecular weight excluding hydrogens is 190 g/mol. The zero-order chi connectivity index (χ0) is 10.6. The van der Waals surface area contributed by atoms with Crippen molar-refractivity contribution in [1.29, 1.82) is 0 Å². The molecule has 1 heterocycles. The Bertz CT molecular complexity index is 331. The molecule has 2 amide bonds. The van der Waals surface area contributed by atoms with Gasteiger partial charge in [-0.15, -0.1) is 0 Å². The lowest BCUT2D eigenvalue weighted by Gasteiger charge is -2.15. The van der Waals surface area contributed by atoms with E-state index >= 15 is 0 Å². The molecule has 2 bridgehead atoms. The lowest BCUT2D eigenvalue weighted by Crippen LogP contribution is -2.33. The van der Waals surface area contributed by atoms with Crippen LogP contribution in [0.5, 0.6) is 0 Å². The third-order valence-electron chi connectivity index (χ3n) is 4.01. The van der Waals surface area contributed by atoms with Crippen molar-refractivity contribution in [3.8, 4) is 0 Å². The molecule has 0 spiro atoms. The number of allylic oxidation sites excluding steroid dienone is 2. The normalized spacial score (nSPS) is 41.8. The van der Waals surface area contributed by atoms with Crippen molar-refractivity contribution in [2.75, 3.05) is 6.54 Å². The second-order valence-corrected chi connectivity index (χ2v) is 4.83. The van der Waals surface area contributed by atoms with E-state index in [9.17, 15) is 9.59 Å². The van der Waals surface area contributed by atoms with Crippen LogP contribution in [0.2, 0.25) is 0 Å². The average molecular weight is 205 g/mol. The van der Waals surface area contributed by atoms with E-state index in [0.717, 1.165) is 12.8 Å². The van der Waals surface area contributed by atoms with E-state index in [0.29, 0.717) is 18.4 Å². The number of carbonyl (C=O) groups excluding carboxylic acids is 2. The van der Waals surface area contributed by atoms with Crippen LogP contribution in [0.1, 0.15) is 19.8 Å². The first-order valence-corrected chi connectivity index (χ1v) is 5.77. The number of nitrogens with zero attached hydrogens (tertiary/aromatic N) is 1. The minimum absolute atomic E-state index is 0.0148. The number of hydrogen-bond donors (Lipinski definition) is 0. The highest BCUT2D eigenvalue weighted by Gasteiger charge is 2.58. The molecule has 0 radical (unpaired) electrons. The van der Waals surface area contributed by atoms with Gasteiger partial charge in [-0.2, -0.15) is 0 Å². The highest BCUT2D eigenvalue weighted by molar-refractivity contribution is 6.06. The van der Waals surface area contributed by atoms with Crippen LogP contribution in [-0.2, 0) is 9.59 Å². The second-order valence-electron chi connectivity index (χ2n) is 4.83. The summed E-state index contributed by atoms with van der Waals surface area (Å²) in [6, 6.07) is 0. The van der Waals surface area contributed by atoms with E-state index in [-0.39, 0.29) is 23.7 Å². The topological polar surface area (TPSA) is 37.4 Å². The van der Waals surface area contributed by atoms with Gasteiger partial charge in [-0.25, -0.2) is 0 Å². The minimum atomic E-state index is -0.0148. The van der Waals surface area contributed by atoms with Crippen LogP contribution in [0.4, 0.5) is 0 Å². The molecule has 80 valence electrons. The van der Waals surface area contributed by atoms with Gasteiger partial charge in [-0.1, -0.05) is 19.1 Å². The summed E-state index contributed by atoms with van der Waals surface area (Å²) < 4.78 is 0. The maximum absolute atomic E-state index is 12.0. The monoisotopic (exact) mass is 205 g/mol. The number of carbonyl (C=O) groups is 2. The van der Waals surface area contributed by atoms with Crippen molar-refractivity contribution >= 4 is 11.8 Å². The van der Waals surface area contributed by atoms with Gasteiger partial charge < -0.3 is 0 Å². The first-order chi connectivity index (χ1) is 7.24. The number of amides is 2. The molecule has 1 saturated heterocycles. The van der Waals surface area contributed by atoms with E-state index < -0.39 is 0 Å². The van der Waals surface area contributed by atoms with Crippen LogP contribution in [0.25, 0.3) is 0 Å². The molecule has 0 N–H and O–H groups in total. The molecule has 3 aliphatic rings. The summed E-state index contributed by atoms with van der Waals surface area (Å²) in [5.74, 6) is 0.835. The lowest BCUT2D eigenvalue weighted by molar-refractivity contribution is -0.140. The van der Waals surface area contributed by atoms with E-state index in [1.165, 1.54) is 4.90 Å². The number of imide groups is 1. The van der Waals surface area contributed by atoms with Gasteiger partial charge >= 0.3 is 0 Å². The Morgan fingerprint density at radius 1 is 1.20 bits per heavy atom. The summed E-state index contributed by atoms with van der Waals surface area (Å²) in [5.41, 5.74) is 0. The molecule has 0 aromatic rings. The molecule has 0 aromatic carbocycles. The first kappa shape index (κ1) is 9.13. The lowest BCUT2D eigenvalue weighted by atomic mass is 9.85. The van der Waals surface area contributed by atoms with E-state index in [1.807, 2.05) is 6.92 Å². The maximum Gasteiger partial charge on any atom is 0.233 e. The quantitative estimate of drug-likeness (QED) is 0.502. The van der Waals surface area contributed by atoms with Crippen molar-refractivity contribution in [2.24, 2.45) is 23.7 Å². The standard InChI is InChI=1S/C12H15NO2/c1-2-5-13-11(14)9-7-3-4-8(6-7)10(9)12(13)15/h3-4,7-10H,2,5-6H2,1H3/t7-,8+,9-,10+. The zero-order valence-corrected chi connectivity index (χ0v) is 8.85. The summed E-state index contributed by atoms with van der Waals surface area (Å²) in [6.45, 7) is 2.60. The number of rotatable bonds is 2. The minimum Gasteiger partial charge on any atom is -0.282 e. The third-order valence-corrected chi connectivity index (χ3v) is 4.01. The van der Waals surface area contributed by atoms with E-state index in [4.69, 9.17) is 0 Å². The number of fused-ring (bicyclic) bond motifs is 5. The van der Waals surface area contributed by atoms with Crippen molar-refractivity contribution in [1.82, 2.24) is 4.90 Å². The fourth-order valence-electron chi connectivity index (χ4n) is 3.41. The molecule has 0 aromatic heterocycles. The predicted octanol–water partition coefficient (Wildman–Crippen LogP) is 1.20. The Morgan fingerprint density at radius 3 is 2.20 bits per heavy atom. The summed E-state index contributed by atoms with van der Waals surface area (Å²) in [6.07, 6.45) is 6.14. The van der Waals surface area contributed by atoms with Gasteiger partial charge in [0.1, 0.15) is 0 Å². The van der Waals surface area contributed by atoms with Gasteiger partial charge in [0.25, 0.3) is 0 Å². The average Bonchev–Trinajstić information content (AvgIpc) is 2.87. The predicted molar refractivity (Wildman–Crippen MR) is 54.7 cm³/mol. The van der Waals surface area contributed by atoms with Gasteiger partial charge in [0.2, 0.25) is 11.8 Å². The summed E-state index contributed by atoms with van der Waals surface area (Å²) >= 11 is 0. The SMILES string of the molecule is CCCN1C(=O)[C@@H]2[C@H](C1=O)[C@@H]1C=C[C@H]2C1. The Balaban J connectivity index is 1.93. The van der Waals surface area contributed by atoms with E-state index in [1.54, 1.807) is 0 Å². The van der Waals surface area contributed by atoms with Crippen molar-refractivity contribution in [3.63, 3.8) is 0 Å². The van der Waals surface area contributed by atoms with Gasteiger partial charge in [0, 0.05) is 6.54 Å². The molecule has 1 aliphatic heterocycles. The molecule has 3 nitrogen and oxygen atoms in total. The number of likely N-dealkylation sites (tertiary alicyclic amines) is 1. The van der Waals surface area contributed by atoms with Gasteiger partial charge in [0.15, 0.2) is 0 Å². The molecular formula is C12H15NO2. The number of hydrogen-bond acceptors (Lipinski definition) is 2. The Morgan fingerprint density at radius 2 is 1.73 bits per heavy atom. The largest absolute Gasteiger partial charge is 0.282 e. The van der Waals surface area contributed by atoms with Crippen LogP contribution in [-0.4, -0.2) is 23.3 Å². The fourth-order valence-corrected chi connectivity index (χ4v) is 3.41. The highest BCUT2D eigenvalue weighted by atomic mass is 16.2. The fraction of sp³-hybridized carbons (Fsp3) is 0.667. The molecule has 2 aliphatic carbocycles. The van der Waals surface area contributed by atoms with Crippen LogP contribution >= 0.6 is 0 Å². The highest BCUT2D eigenvalue weighted by Crippen LogP contribution is 2.52. The summed E-state index contributed by atoms with van der Waals surface area (Å²) in [7, 11) is 0. The smallest absolute Gasteiger partial charge is 0.233 e. The van der Waals surface area contributed by atoms with Crippen molar-refractivity contribution < 1.29 is 9.59 Å². The second kappa shape index (κ2) is 2.94. The summed E-state index contributed by atoms with van der Waals surface area (Å²) in [4.78, 5) is 25.6. The van der Waals surface area contributed by atoms with Gasteiger partial charge in [0.05, 0.1) is 11.8 Å². The summed E-state index contributed by atoms with van der Waals surface area (Å²) in [5, 5.41) is 0. The molecule has 4 atom stereocenters. The molecule has 3 rings (SSSR count). The molecule has 0 unspecified atom stereocenters. The van der Waals surface area contributed by atoms with Gasteiger partial charge in [-0.3, -0.25) is 14.5 Å². The Kier molecular flexibility index (Phi) is 1.79. The van der Waals surface area contributed by atoms with Crippen LogP contribution < -0.4 is 0 Å².